The van der Waals surface area contributed by atoms with Crippen LogP contribution in [0.15, 0.2) is 30.3 Å². The Morgan fingerprint density at radius 3 is 2.72 bits per heavy atom. The number of likely N-dealkylation sites (tertiary alicyclic amines) is 1. The van der Waals surface area contributed by atoms with Crippen LogP contribution in [0, 0.1) is 0 Å². The SMILES string of the molecule is NC(CNC1CCN(C2CC2)C1)c1ccccc1. The van der Waals surface area contributed by atoms with Crippen LogP contribution in [0.5, 0.6) is 0 Å². The quantitative estimate of drug-likeness (QED) is 0.826. The molecule has 18 heavy (non-hydrogen) atoms. The van der Waals surface area contributed by atoms with Crippen LogP contribution in [0.25, 0.3) is 0 Å². The molecule has 1 aliphatic carbocycles. The number of nitrogens with one attached hydrogen (secondary N) is 1. The second kappa shape index (κ2) is 5.39. The first-order valence-electron chi connectivity index (χ1n) is 7.11. The van der Waals surface area contributed by atoms with Crippen molar-refractivity contribution in [2.45, 2.75) is 37.4 Å². The van der Waals surface area contributed by atoms with Gasteiger partial charge in [-0.05, 0) is 24.8 Å². The first kappa shape index (κ1) is 12.2. The van der Waals surface area contributed by atoms with Crippen LogP contribution in [-0.4, -0.2) is 36.6 Å². The van der Waals surface area contributed by atoms with Gasteiger partial charge in [-0.1, -0.05) is 30.3 Å². The van der Waals surface area contributed by atoms with Crippen LogP contribution in [0.2, 0.25) is 0 Å². The third-order valence-corrected chi connectivity index (χ3v) is 4.14. The molecular formula is C15H23N3. The average Bonchev–Trinajstić information content (AvgIpc) is 3.16. The number of hydrogen-bond donors (Lipinski definition) is 2. The third-order valence-electron chi connectivity index (χ3n) is 4.14. The summed E-state index contributed by atoms with van der Waals surface area (Å²) < 4.78 is 0. The predicted octanol–water partition coefficient (Wildman–Crippen LogP) is 1.51. The predicted molar refractivity (Wildman–Crippen MR) is 74.4 cm³/mol. The van der Waals surface area contributed by atoms with E-state index in [0.717, 1.165) is 12.6 Å². The molecule has 3 rings (SSSR count). The molecule has 3 nitrogen and oxygen atoms in total. The number of nitrogens with zero attached hydrogens (tertiary/aromatic N) is 1. The summed E-state index contributed by atoms with van der Waals surface area (Å²) >= 11 is 0. The van der Waals surface area contributed by atoms with E-state index in [1.165, 1.54) is 37.9 Å². The lowest BCUT2D eigenvalue weighted by Gasteiger charge is -2.18. The fraction of sp³-hybridized carbons (Fsp3) is 0.600. The van der Waals surface area contributed by atoms with Crippen LogP contribution in [0.4, 0.5) is 0 Å². The van der Waals surface area contributed by atoms with Crippen molar-refractivity contribution in [2.75, 3.05) is 19.6 Å². The van der Waals surface area contributed by atoms with Gasteiger partial charge in [0.2, 0.25) is 0 Å². The van der Waals surface area contributed by atoms with Gasteiger partial charge in [-0.3, -0.25) is 4.90 Å². The Labute approximate surface area is 109 Å². The third kappa shape index (κ3) is 2.91. The molecule has 1 saturated heterocycles. The summed E-state index contributed by atoms with van der Waals surface area (Å²) in [5.74, 6) is 0. The van der Waals surface area contributed by atoms with E-state index in [1.807, 2.05) is 6.07 Å². The molecule has 0 bridgehead atoms. The maximum atomic E-state index is 6.20. The van der Waals surface area contributed by atoms with Crippen LogP contribution < -0.4 is 11.1 Å². The number of rotatable bonds is 5. The van der Waals surface area contributed by atoms with Crippen molar-refractivity contribution < 1.29 is 0 Å². The van der Waals surface area contributed by atoms with Crippen LogP contribution >= 0.6 is 0 Å². The zero-order chi connectivity index (χ0) is 12.4. The number of hydrogen-bond acceptors (Lipinski definition) is 3. The van der Waals surface area contributed by atoms with Gasteiger partial charge in [-0.2, -0.15) is 0 Å². The van der Waals surface area contributed by atoms with Gasteiger partial charge >= 0.3 is 0 Å². The highest BCUT2D eigenvalue weighted by atomic mass is 15.2. The molecule has 0 aromatic heterocycles. The van der Waals surface area contributed by atoms with E-state index >= 15 is 0 Å². The summed E-state index contributed by atoms with van der Waals surface area (Å²) in [6, 6.07) is 12.0. The monoisotopic (exact) mass is 245 g/mol. The molecule has 2 fully saturated rings. The van der Waals surface area contributed by atoms with Crippen molar-refractivity contribution in [3.05, 3.63) is 35.9 Å². The molecule has 2 aliphatic rings. The summed E-state index contributed by atoms with van der Waals surface area (Å²) in [4.78, 5) is 2.63. The molecule has 1 aliphatic heterocycles. The highest BCUT2D eigenvalue weighted by Gasteiger charge is 2.34. The van der Waals surface area contributed by atoms with Crippen molar-refractivity contribution in [3.8, 4) is 0 Å². The molecule has 1 aromatic rings. The van der Waals surface area contributed by atoms with Crippen molar-refractivity contribution in [1.29, 1.82) is 0 Å². The molecule has 2 atom stereocenters. The molecule has 3 heteroatoms. The van der Waals surface area contributed by atoms with E-state index in [2.05, 4.69) is 34.5 Å². The molecule has 0 spiro atoms. The minimum atomic E-state index is 0.112. The summed E-state index contributed by atoms with van der Waals surface area (Å²) in [6.07, 6.45) is 4.10. The zero-order valence-corrected chi connectivity index (χ0v) is 10.9. The van der Waals surface area contributed by atoms with Gasteiger partial charge in [-0.15, -0.1) is 0 Å². The summed E-state index contributed by atoms with van der Waals surface area (Å²) in [5.41, 5.74) is 7.43. The number of nitrogens with two attached hydrogens (primary N) is 1. The van der Waals surface area contributed by atoms with Gasteiger partial charge in [-0.25, -0.2) is 0 Å². The van der Waals surface area contributed by atoms with Gasteiger partial charge < -0.3 is 11.1 Å². The van der Waals surface area contributed by atoms with Gasteiger partial charge in [0.15, 0.2) is 0 Å². The summed E-state index contributed by atoms with van der Waals surface area (Å²) in [6.45, 7) is 3.36. The van der Waals surface area contributed by atoms with E-state index in [-0.39, 0.29) is 6.04 Å². The lowest BCUT2D eigenvalue weighted by Crippen LogP contribution is -2.37. The summed E-state index contributed by atoms with van der Waals surface area (Å²) in [7, 11) is 0. The molecule has 1 aromatic carbocycles. The zero-order valence-electron chi connectivity index (χ0n) is 10.9. The van der Waals surface area contributed by atoms with E-state index in [9.17, 15) is 0 Å². The second-order valence-electron chi connectivity index (χ2n) is 5.64. The second-order valence-corrected chi connectivity index (χ2v) is 5.64. The minimum Gasteiger partial charge on any atom is -0.323 e. The van der Waals surface area contributed by atoms with Crippen LogP contribution in [0.1, 0.15) is 30.9 Å². The average molecular weight is 245 g/mol. The molecule has 2 unspecified atom stereocenters. The summed E-state index contributed by atoms with van der Waals surface area (Å²) in [5, 5.41) is 3.63. The molecule has 0 radical (unpaired) electrons. The van der Waals surface area contributed by atoms with E-state index in [4.69, 9.17) is 5.73 Å². The Kier molecular flexibility index (Phi) is 3.64. The fourth-order valence-corrected chi connectivity index (χ4v) is 2.84. The Morgan fingerprint density at radius 1 is 1.22 bits per heavy atom. The van der Waals surface area contributed by atoms with Crippen molar-refractivity contribution in [1.82, 2.24) is 10.2 Å². The fourth-order valence-electron chi connectivity index (χ4n) is 2.84. The number of benzene rings is 1. The lowest BCUT2D eigenvalue weighted by molar-refractivity contribution is 0.316. The van der Waals surface area contributed by atoms with Crippen LogP contribution in [-0.2, 0) is 0 Å². The highest BCUT2D eigenvalue weighted by molar-refractivity contribution is 5.18. The highest BCUT2D eigenvalue weighted by Crippen LogP contribution is 2.29. The maximum absolute atomic E-state index is 6.20. The van der Waals surface area contributed by atoms with Gasteiger partial charge in [0.05, 0.1) is 0 Å². The van der Waals surface area contributed by atoms with Crippen molar-refractivity contribution in [2.24, 2.45) is 5.73 Å². The lowest BCUT2D eigenvalue weighted by atomic mass is 10.1. The standard InChI is InChI=1S/C15H23N3/c16-15(12-4-2-1-3-5-12)10-17-13-8-9-18(11-13)14-6-7-14/h1-5,13-15,17H,6-11,16H2. The minimum absolute atomic E-state index is 0.112. The van der Waals surface area contributed by atoms with Crippen molar-refractivity contribution in [3.63, 3.8) is 0 Å². The topological polar surface area (TPSA) is 41.3 Å². The molecule has 0 amide bonds. The Hall–Kier alpha value is -0.900. The van der Waals surface area contributed by atoms with E-state index in [0.29, 0.717) is 6.04 Å². The van der Waals surface area contributed by atoms with Crippen molar-refractivity contribution >= 4 is 0 Å². The molecule has 3 N–H and O–H groups in total. The van der Waals surface area contributed by atoms with Crippen LogP contribution in [0.3, 0.4) is 0 Å². The first-order valence-corrected chi connectivity index (χ1v) is 7.11. The van der Waals surface area contributed by atoms with Gasteiger partial charge in [0.25, 0.3) is 0 Å². The molecular weight excluding hydrogens is 222 g/mol. The van der Waals surface area contributed by atoms with Gasteiger partial charge in [0.1, 0.15) is 0 Å². The smallest absolute Gasteiger partial charge is 0.0421 e. The Morgan fingerprint density at radius 2 is 2.00 bits per heavy atom. The first-order chi connectivity index (χ1) is 8.83. The normalized spacial score (nSPS) is 26.4. The maximum Gasteiger partial charge on any atom is 0.0421 e. The van der Waals surface area contributed by atoms with E-state index < -0.39 is 0 Å². The molecule has 98 valence electrons. The Bertz CT molecular complexity index is 375. The largest absolute Gasteiger partial charge is 0.323 e. The molecule has 1 heterocycles. The van der Waals surface area contributed by atoms with E-state index in [1.54, 1.807) is 0 Å². The van der Waals surface area contributed by atoms with Gasteiger partial charge in [0, 0.05) is 37.8 Å². The molecule has 1 saturated carbocycles. The Balaban J connectivity index is 1.44.